The van der Waals surface area contributed by atoms with Gasteiger partial charge < -0.3 is 19.5 Å². The summed E-state index contributed by atoms with van der Waals surface area (Å²) in [5.41, 5.74) is 7.44. The molecule has 2 aliphatic rings. The molecule has 1 fully saturated rings. The third-order valence-corrected chi connectivity index (χ3v) is 7.90. The molecule has 0 saturated carbocycles. The molecule has 0 bridgehead atoms. The molecular formula is C29H31N7O. The quantitative estimate of drug-likeness (QED) is 0.388. The van der Waals surface area contributed by atoms with Crippen molar-refractivity contribution in [3.05, 3.63) is 72.2 Å². The Bertz CT molecular complexity index is 1460. The van der Waals surface area contributed by atoms with Gasteiger partial charge in [0.1, 0.15) is 6.33 Å². The van der Waals surface area contributed by atoms with Crippen LogP contribution >= 0.6 is 0 Å². The van der Waals surface area contributed by atoms with Crippen molar-refractivity contribution in [1.29, 1.82) is 5.26 Å². The van der Waals surface area contributed by atoms with Crippen molar-refractivity contribution in [3.63, 3.8) is 0 Å². The second-order valence-electron chi connectivity index (χ2n) is 10.3. The molecule has 8 nitrogen and oxygen atoms in total. The summed E-state index contributed by atoms with van der Waals surface area (Å²) in [5, 5.41) is 27.3. The third kappa shape index (κ3) is 4.31. The number of nitrogens with zero attached hydrogens (tertiary/aromatic N) is 7. The van der Waals surface area contributed by atoms with Crippen molar-refractivity contribution in [3.8, 4) is 34.4 Å². The van der Waals surface area contributed by atoms with Crippen molar-refractivity contribution >= 4 is 5.69 Å². The van der Waals surface area contributed by atoms with E-state index in [-0.39, 0.29) is 12.6 Å². The van der Waals surface area contributed by atoms with Gasteiger partial charge in [-0.15, -0.1) is 10.2 Å². The van der Waals surface area contributed by atoms with Gasteiger partial charge in [-0.2, -0.15) is 5.26 Å². The van der Waals surface area contributed by atoms with Crippen LogP contribution in [0.3, 0.4) is 0 Å². The van der Waals surface area contributed by atoms with E-state index < -0.39 is 0 Å². The van der Waals surface area contributed by atoms with Gasteiger partial charge in [-0.3, -0.25) is 4.57 Å². The van der Waals surface area contributed by atoms with Crippen LogP contribution < -0.4 is 4.90 Å². The summed E-state index contributed by atoms with van der Waals surface area (Å²) in [6, 6.07) is 19.0. The van der Waals surface area contributed by atoms with Gasteiger partial charge in [-0.25, -0.2) is 0 Å². The fraction of sp³-hybridized carbons (Fsp3) is 0.345. The number of nitriles is 1. The average molecular weight is 494 g/mol. The Morgan fingerprint density at radius 1 is 1.16 bits per heavy atom. The molecule has 37 heavy (non-hydrogen) atoms. The summed E-state index contributed by atoms with van der Waals surface area (Å²) in [6.07, 6.45) is 5.12. The summed E-state index contributed by atoms with van der Waals surface area (Å²) in [7, 11) is 2.10. The van der Waals surface area contributed by atoms with E-state index in [4.69, 9.17) is 5.26 Å². The van der Waals surface area contributed by atoms with Crippen LogP contribution in [-0.2, 0) is 6.54 Å². The molecule has 188 valence electrons. The minimum absolute atomic E-state index is 0.185. The molecule has 2 aromatic heterocycles. The highest BCUT2D eigenvalue weighted by Crippen LogP contribution is 2.35. The molecule has 1 N–H and O–H groups in total. The highest BCUT2D eigenvalue weighted by molar-refractivity contribution is 5.72. The van der Waals surface area contributed by atoms with E-state index in [1.54, 1.807) is 6.33 Å². The summed E-state index contributed by atoms with van der Waals surface area (Å²) in [4.78, 5) is 4.75. The molecule has 1 saturated heterocycles. The first-order chi connectivity index (χ1) is 18.0. The maximum atomic E-state index is 9.48. The number of aliphatic hydroxyl groups excluding tert-OH is 1. The number of rotatable bonds is 6. The summed E-state index contributed by atoms with van der Waals surface area (Å²) in [5.74, 6) is 1.42. The monoisotopic (exact) mass is 493 g/mol. The predicted octanol–water partition coefficient (Wildman–Crippen LogP) is 3.78. The molecule has 0 amide bonds. The first kappa shape index (κ1) is 23.5. The van der Waals surface area contributed by atoms with Crippen molar-refractivity contribution < 1.29 is 5.11 Å². The van der Waals surface area contributed by atoms with Crippen LogP contribution in [0.4, 0.5) is 5.69 Å². The highest BCUT2D eigenvalue weighted by Gasteiger charge is 2.27. The lowest BCUT2D eigenvalue weighted by molar-refractivity contribution is 0.145. The van der Waals surface area contributed by atoms with Gasteiger partial charge in [0.25, 0.3) is 0 Å². The highest BCUT2D eigenvalue weighted by atomic mass is 16.3. The fourth-order valence-electron chi connectivity index (χ4n) is 5.57. The van der Waals surface area contributed by atoms with E-state index in [0.717, 1.165) is 60.9 Å². The van der Waals surface area contributed by atoms with Gasteiger partial charge in [-0.05, 0) is 73.8 Å². The van der Waals surface area contributed by atoms with E-state index in [9.17, 15) is 5.11 Å². The van der Waals surface area contributed by atoms with E-state index in [1.165, 1.54) is 11.3 Å². The van der Waals surface area contributed by atoms with E-state index in [1.807, 2.05) is 24.3 Å². The molecule has 2 atom stereocenters. The van der Waals surface area contributed by atoms with Gasteiger partial charge >= 0.3 is 0 Å². The molecule has 4 heterocycles. The second kappa shape index (κ2) is 9.51. The second-order valence-corrected chi connectivity index (χ2v) is 10.3. The average Bonchev–Trinajstić information content (AvgIpc) is 3.67. The normalized spacial score (nSPS) is 17.2. The molecule has 8 heteroatoms. The Morgan fingerprint density at radius 2 is 2.00 bits per heavy atom. The van der Waals surface area contributed by atoms with Gasteiger partial charge in [0, 0.05) is 49.7 Å². The molecule has 0 radical (unpaired) electrons. The molecule has 2 aromatic carbocycles. The smallest absolute Gasteiger partial charge is 0.185 e. The summed E-state index contributed by atoms with van der Waals surface area (Å²) >= 11 is 0. The molecular weight excluding hydrogens is 462 g/mol. The Morgan fingerprint density at radius 3 is 2.78 bits per heavy atom. The number of aromatic nitrogens is 4. The Hall–Kier alpha value is -3.93. The predicted molar refractivity (Wildman–Crippen MR) is 144 cm³/mol. The molecule has 6 rings (SSSR count). The lowest BCUT2D eigenvalue weighted by atomic mass is 10.1. The van der Waals surface area contributed by atoms with Gasteiger partial charge in [0.15, 0.2) is 5.82 Å². The Kier molecular flexibility index (Phi) is 6.03. The van der Waals surface area contributed by atoms with Crippen LogP contribution in [-0.4, -0.2) is 68.7 Å². The van der Waals surface area contributed by atoms with Crippen LogP contribution in [0.5, 0.6) is 0 Å². The SMILES string of the molecule is C[C@H](CO)N(C)C[C@H]1CCN(c2ccc3c(c2)Cn2cc(-c4ccc(C#N)cc4)cc2-c2nncn2-3)C1. The van der Waals surface area contributed by atoms with Crippen molar-refractivity contribution in [2.24, 2.45) is 5.92 Å². The zero-order chi connectivity index (χ0) is 25.5. The van der Waals surface area contributed by atoms with Crippen molar-refractivity contribution in [2.45, 2.75) is 25.9 Å². The summed E-state index contributed by atoms with van der Waals surface area (Å²) in [6.45, 7) is 6.07. The topological polar surface area (TPSA) is 86.1 Å². The van der Waals surface area contributed by atoms with Crippen molar-refractivity contribution in [1.82, 2.24) is 24.2 Å². The lowest BCUT2D eigenvalue weighted by Crippen LogP contribution is -2.36. The van der Waals surface area contributed by atoms with Crippen molar-refractivity contribution in [2.75, 3.05) is 38.2 Å². The number of anilines is 1. The van der Waals surface area contributed by atoms with Crippen LogP contribution in [0, 0.1) is 17.2 Å². The Labute approximate surface area is 217 Å². The molecule has 0 spiro atoms. The minimum Gasteiger partial charge on any atom is -0.395 e. The molecule has 4 aromatic rings. The number of fused-ring (bicyclic) bond motifs is 5. The largest absolute Gasteiger partial charge is 0.395 e. The fourth-order valence-corrected chi connectivity index (χ4v) is 5.57. The van der Waals surface area contributed by atoms with Crippen LogP contribution in [0.2, 0.25) is 0 Å². The maximum absolute atomic E-state index is 9.48. The number of hydrogen-bond acceptors (Lipinski definition) is 6. The van der Waals surface area contributed by atoms with Gasteiger partial charge in [0.2, 0.25) is 0 Å². The summed E-state index contributed by atoms with van der Waals surface area (Å²) < 4.78 is 4.33. The third-order valence-electron chi connectivity index (χ3n) is 7.90. The number of likely N-dealkylation sites (N-methyl/N-ethyl adjacent to an activating group) is 1. The first-order valence-electron chi connectivity index (χ1n) is 12.8. The van der Waals surface area contributed by atoms with Gasteiger partial charge in [-0.1, -0.05) is 12.1 Å². The maximum Gasteiger partial charge on any atom is 0.185 e. The van der Waals surface area contributed by atoms with E-state index in [2.05, 4.69) is 79.6 Å². The Balaban J connectivity index is 1.29. The van der Waals surface area contributed by atoms with E-state index >= 15 is 0 Å². The van der Waals surface area contributed by atoms with Gasteiger partial charge in [0.05, 0.1) is 29.6 Å². The van der Waals surface area contributed by atoms with Crippen LogP contribution in [0.1, 0.15) is 24.5 Å². The standard InChI is InChI=1S/C29H31N7O/c1-20(18-37)33(2)14-22-9-10-34(15-22)26-7-8-27-25(11-26)17-35-16-24(23-5-3-21(13-30)4-6-23)12-28(35)29-32-31-19-36(27)29/h3-8,11-12,16,19-20,22,37H,9-10,14-15,17-18H2,1-2H3/t20-,22-/m1/s1. The van der Waals surface area contributed by atoms with Crippen LogP contribution in [0.15, 0.2) is 61.1 Å². The minimum atomic E-state index is 0.185. The van der Waals surface area contributed by atoms with E-state index in [0.29, 0.717) is 11.5 Å². The zero-order valence-corrected chi connectivity index (χ0v) is 21.2. The number of benzene rings is 2. The number of aliphatic hydroxyl groups is 1. The molecule has 0 unspecified atom stereocenters. The number of hydrogen-bond donors (Lipinski definition) is 1. The zero-order valence-electron chi connectivity index (χ0n) is 21.2. The first-order valence-corrected chi connectivity index (χ1v) is 12.8. The lowest BCUT2D eigenvalue weighted by Gasteiger charge is -2.26. The molecule has 2 aliphatic heterocycles. The van der Waals surface area contributed by atoms with Crippen LogP contribution in [0.25, 0.3) is 28.3 Å². The molecule has 0 aliphatic carbocycles.